The predicted molar refractivity (Wildman–Crippen MR) is 94.9 cm³/mol. The van der Waals surface area contributed by atoms with Crippen LogP contribution in [0.25, 0.3) is 0 Å². The van der Waals surface area contributed by atoms with Crippen molar-refractivity contribution in [2.45, 2.75) is 38.4 Å². The predicted octanol–water partition coefficient (Wildman–Crippen LogP) is 2.55. The highest BCUT2D eigenvalue weighted by atomic mass is 32.2. The van der Waals surface area contributed by atoms with Crippen LogP contribution in [0.5, 0.6) is 5.75 Å². The van der Waals surface area contributed by atoms with Gasteiger partial charge in [0.2, 0.25) is 5.91 Å². The molecule has 0 spiro atoms. The summed E-state index contributed by atoms with van der Waals surface area (Å²) in [5.74, 6) is 0.0543. The summed E-state index contributed by atoms with van der Waals surface area (Å²) in [4.78, 5) is 23.6. The largest absolute Gasteiger partial charge is 0.507 e. The molecule has 1 aromatic rings. The molecule has 23 heavy (non-hydrogen) atoms. The first-order valence-corrected chi connectivity index (χ1v) is 8.87. The van der Waals surface area contributed by atoms with E-state index < -0.39 is 5.91 Å². The zero-order valence-corrected chi connectivity index (χ0v) is 14.8. The quantitative estimate of drug-likeness (QED) is 0.605. The van der Waals surface area contributed by atoms with E-state index in [0.717, 1.165) is 18.6 Å². The average Bonchev–Trinajstić information content (AvgIpc) is 2.56. The zero-order chi connectivity index (χ0) is 17.3. The number of carbonyl (C=O) groups is 2. The van der Waals surface area contributed by atoms with Crippen LogP contribution < -0.4 is 10.6 Å². The van der Waals surface area contributed by atoms with Gasteiger partial charge in [0.25, 0.3) is 5.91 Å². The van der Waals surface area contributed by atoms with E-state index in [0.29, 0.717) is 6.54 Å². The van der Waals surface area contributed by atoms with E-state index in [1.54, 1.807) is 12.1 Å². The van der Waals surface area contributed by atoms with Crippen molar-refractivity contribution in [3.8, 4) is 5.75 Å². The maximum Gasteiger partial charge on any atom is 0.255 e. The fourth-order valence-corrected chi connectivity index (χ4v) is 3.03. The van der Waals surface area contributed by atoms with Crippen molar-refractivity contribution < 1.29 is 14.7 Å². The lowest BCUT2D eigenvalue weighted by Gasteiger charge is -2.25. The molecule has 5 nitrogen and oxygen atoms in total. The van der Waals surface area contributed by atoms with Crippen molar-refractivity contribution in [1.82, 2.24) is 10.6 Å². The molecule has 0 aromatic heterocycles. The van der Waals surface area contributed by atoms with E-state index >= 15 is 0 Å². The number of rotatable bonds is 9. The summed E-state index contributed by atoms with van der Waals surface area (Å²) in [6.07, 6.45) is 2.19. The molecular formula is C17H26N2O3S. The third-order valence-corrected chi connectivity index (χ3v) is 5.61. The van der Waals surface area contributed by atoms with Crippen molar-refractivity contribution in [2.24, 2.45) is 0 Å². The first kappa shape index (κ1) is 19.4. The molecule has 0 aliphatic carbocycles. The number of hydrogen-bond acceptors (Lipinski definition) is 4. The van der Waals surface area contributed by atoms with Gasteiger partial charge in [-0.05, 0) is 25.0 Å². The van der Waals surface area contributed by atoms with Crippen LogP contribution in [-0.2, 0) is 4.79 Å². The molecule has 0 atom stereocenters. The Labute approximate surface area is 142 Å². The van der Waals surface area contributed by atoms with Gasteiger partial charge < -0.3 is 15.7 Å². The number of amides is 2. The Morgan fingerprint density at radius 3 is 2.43 bits per heavy atom. The highest BCUT2D eigenvalue weighted by molar-refractivity contribution is 8.00. The number of thioether (sulfide) groups is 1. The number of carbonyl (C=O) groups excluding carboxylic acids is 2. The van der Waals surface area contributed by atoms with Gasteiger partial charge in [0.05, 0.1) is 12.1 Å². The van der Waals surface area contributed by atoms with Crippen LogP contribution in [0, 0.1) is 0 Å². The maximum atomic E-state index is 11.9. The van der Waals surface area contributed by atoms with E-state index in [-0.39, 0.29) is 28.5 Å². The summed E-state index contributed by atoms with van der Waals surface area (Å²) in [5.41, 5.74) is 0.164. The summed E-state index contributed by atoms with van der Waals surface area (Å²) in [7, 11) is 0. The van der Waals surface area contributed by atoms with E-state index in [1.165, 1.54) is 12.1 Å². The number of nitrogens with one attached hydrogen (secondary N) is 2. The number of aromatic hydroxyl groups is 1. The Hall–Kier alpha value is -1.69. The van der Waals surface area contributed by atoms with Gasteiger partial charge >= 0.3 is 0 Å². The monoisotopic (exact) mass is 338 g/mol. The number of hydrogen-bond donors (Lipinski definition) is 3. The molecule has 0 aliphatic heterocycles. The van der Waals surface area contributed by atoms with Crippen molar-refractivity contribution in [1.29, 1.82) is 0 Å². The van der Waals surface area contributed by atoms with E-state index in [1.807, 2.05) is 11.8 Å². The SMILES string of the molecule is CCC(C)(CC)SCCNC(=O)CNC(=O)c1ccccc1O. The molecule has 0 unspecified atom stereocenters. The molecule has 128 valence electrons. The lowest BCUT2D eigenvalue weighted by Crippen LogP contribution is -2.38. The van der Waals surface area contributed by atoms with E-state index in [9.17, 15) is 14.7 Å². The van der Waals surface area contributed by atoms with Gasteiger partial charge in [-0.1, -0.05) is 32.9 Å². The average molecular weight is 338 g/mol. The van der Waals surface area contributed by atoms with Gasteiger partial charge in [-0.25, -0.2) is 0 Å². The van der Waals surface area contributed by atoms with Crippen molar-refractivity contribution in [3.05, 3.63) is 29.8 Å². The second-order valence-corrected chi connectivity index (χ2v) is 7.24. The molecule has 0 saturated carbocycles. The summed E-state index contributed by atoms with van der Waals surface area (Å²) in [6.45, 7) is 7.04. The standard InChI is InChI=1S/C17H26N2O3S/c1-4-17(3,5-2)23-11-10-18-15(21)12-19-16(22)13-8-6-7-9-14(13)20/h6-9,20H,4-5,10-12H2,1-3H3,(H,18,21)(H,19,22). The molecule has 1 rings (SSSR count). The molecular weight excluding hydrogens is 312 g/mol. The lowest BCUT2D eigenvalue weighted by molar-refractivity contribution is -0.120. The summed E-state index contributed by atoms with van der Waals surface area (Å²) in [5, 5.41) is 14.9. The molecule has 3 N–H and O–H groups in total. The minimum absolute atomic E-state index is 0.0970. The molecule has 0 radical (unpaired) electrons. The van der Waals surface area contributed by atoms with Crippen LogP contribution in [-0.4, -0.2) is 40.5 Å². The highest BCUT2D eigenvalue weighted by Crippen LogP contribution is 2.31. The Morgan fingerprint density at radius 2 is 1.83 bits per heavy atom. The van der Waals surface area contributed by atoms with Gasteiger partial charge in [-0.3, -0.25) is 9.59 Å². The summed E-state index contributed by atoms with van der Waals surface area (Å²) < 4.78 is 0.254. The minimum Gasteiger partial charge on any atom is -0.507 e. The first-order valence-electron chi connectivity index (χ1n) is 7.88. The molecule has 0 heterocycles. The molecule has 2 amide bonds. The molecule has 0 fully saturated rings. The maximum absolute atomic E-state index is 11.9. The second-order valence-electron chi connectivity index (χ2n) is 5.56. The molecule has 0 bridgehead atoms. The third kappa shape index (κ3) is 6.52. The van der Waals surface area contributed by atoms with Gasteiger partial charge in [-0.2, -0.15) is 11.8 Å². The minimum atomic E-state index is -0.461. The Balaban J connectivity index is 2.27. The van der Waals surface area contributed by atoms with Gasteiger partial charge in [0, 0.05) is 17.0 Å². The molecule has 0 aliphatic rings. The van der Waals surface area contributed by atoms with Crippen molar-refractivity contribution in [2.75, 3.05) is 18.8 Å². The van der Waals surface area contributed by atoms with Crippen LogP contribution in [0.15, 0.2) is 24.3 Å². The summed E-state index contributed by atoms with van der Waals surface area (Å²) >= 11 is 1.85. The Bertz CT molecular complexity index is 530. The lowest BCUT2D eigenvalue weighted by atomic mass is 10.1. The normalized spacial score (nSPS) is 11.1. The first-order chi connectivity index (χ1) is 10.9. The molecule has 1 aromatic carbocycles. The number of benzene rings is 1. The highest BCUT2D eigenvalue weighted by Gasteiger charge is 2.19. The number of phenols is 1. The fourth-order valence-electron chi connectivity index (χ4n) is 1.93. The Morgan fingerprint density at radius 1 is 1.17 bits per heavy atom. The van der Waals surface area contributed by atoms with E-state index in [2.05, 4.69) is 31.4 Å². The zero-order valence-electron chi connectivity index (χ0n) is 14.0. The van der Waals surface area contributed by atoms with Gasteiger partial charge in [0.15, 0.2) is 0 Å². The molecule has 0 saturated heterocycles. The van der Waals surface area contributed by atoms with E-state index in [4.69, 9.17) is 0 Å². The van der Waals surface area contributed by atoms with Crippen LogP contribution in [0.3, 0.4) is 0 Å². The second kappa shape index (κ2) is 9.45. The topological polar surface area (TPSA) is 78.4 Å². The fraction of sp³-hybridized carbons (Fsp3) is 0.529. The summed E-state index contributed by atoms with van der Waals surface area (Å²) in [6, 6.07) is 6.24. The van der Waals surface area contributed by atoms with Gasteiger partial charge in [-0.15, -0.1) is 0 Å². The van der Waals surface area contributed by atoms with Crippen LogP contribution >= 0.6 is 11.8 Å². The van der Waals surface area contributed by atoms with Gasteiger partial charge in [0.1, 0.15) is 5.75 Å². The van der Waals surface area contributed by atoms with Crippen molar-refractivity contribution in [3.63, 3.8) is 0 Å². The smallest absolute Gasteiger partial charge is 0.255 e. The third-order valence-electron chi connectivity index (χ3n) is 3.93. The van der Waals surface area contributed by atoms with Crippen molar-refractivity contribution >= 4 is 23.6 Å². The van der Waals surface area contributed by atoms with Crippen LogP contribution in [0.4, 0.5) is 0 Å². The Kier molecular flexibility index (Phi) is 7.95. The molecule has 6 heteroatoms. The number of phenolic OH excluding ortho intramolecular Hbond substituents is 1. The van der Waals surface area contributed by atoms with Crippen LogP contribution in [0.1, 0.15) is 44.0 Å². The number of para-hydroxylation sites is 1. The van der Waals surface area contributed by atoms with Crippen LogP contribution in [0.2, 0.25) is 0 Å².